The molecule has 0 fully saturated rings. The first-order chi connectivity index (χ1) is 6.74. The molecule has 15 heavy (non-hydrogen) atoms. The van der Waals surface area contributed by atoms with Gasteiger partial charge in [0.2, 0.25) is 5.01 Å². The lowest BCUT2D eigenvalue weighted by Gasteiger charge is -2.24. The number of hydrogen-bond acceptors (Lipinski definition) is 4. The number of aromatic carboxylic acids is 1. The number of carboxylic acids is 1. The van der Waals surface area contributed by atoms with Gasteiger partial charge in [0, 0.05) is 0 Å². The Labute approximate surface area is 91.9 Å². The predicted molar refractivity (Wildman–Crippen MR) is 56.2 cm³/mol. The molecular weight excluding hydrogens is 214 g/mol. The number of rotatable bonds is 1. The topological polar surface area (TPSA) is 59.4 Å². The molecule has 0 unspecified atom stereocenters. The quantitative estimate of drug-likeness (QED) is 0.800. The number of carboxylic acid groups (broad SMARTS) is 1. The highest BCUT2D eigenvalue weighted by Crippen LogP contribution is 2.48. The lowest BCUT2D eigenvalue weighted by atomic mass is 10.0. The molecule has 0 radical (unpaired) electrons. The fourth-order valence-electron chi connectivity index (χ4n) is 1.96. The van der Waals surface area contributed by atoms with Gasteiger partial charge in [-0.05, 0) is 27.7 Å². The number of fused-ring (bicyclic) bond motifs is 1. The Morgan fingerprint density at radius 1 is 1.33 bits per heavy atom. The number of thiazole rings is 1. The smallest absolute Gasteiger partial charge is 0.365 e. The Morgan fingerprint density at radius 2 is 1.93 bits per heavy atom. The lowest BCUT2D eigenvalue weighted by molar-refractivity contribution is -0.105. The fraction of sp³-hybridized carbons (Fsp3) is 0.600. The minimum absolute atomic E-state index is 0.143. The second kappa shape index (κ2) is 2.80. The molecule has 0 saturated heterocycles. The van der Waals surface area contributed by atoms with Crippen molar-refractivity contribution in [3.8, 4) is 0 Å². The van der Waals surface area contributed by atoms with Gasteiger partial charge in [-0.3, -0.25) is 0 Å². The molecule has 1 aromatic heterocycles. The Kier molecular flexibility index (Phi) is 1.97. The second-order valence-corrected chi connectivity index (χ2v) is 5.62. The van der Waals surface area contributed by atoms with Crippen LogP contribution in [-0.4, -0.2) is 16.1 Å². The molecule has 0 saturated carbocycles. The summed E-state index contributed by atoms with van der Waals surface area (Å²) in [6.07, 6.45) is 0. The summed E-state index contributed by atoms with van der Waals surface area (Å²) in [5.74, 6) is -0.971. The molecule has 0 aliphatic carbocycles. The molecule has 0 amide bonds. The van der Waals surface area contributed by atoms with Crippen molar-refractivity contribution < 1.29 is 14.6 Å². The third-order valence-electron chi connectivity index (χ3n) is 2.44. The maximum atomic E-state index is 10.8. The van der Waals surface area contributed by atoms with Gasteiger partial charge in [0.15, 0.2) is 0 Å². The Morgan fingerprint density at radius 3 is 2.40 bits per heavy atom. The second-order valence-electron chi connectivity index (χ2n) is 4.62. The minimum atomic E-state index is -0.971. The summed E-state index contributed by atoms with van der Waals surface area (Å²) in [5, 5.41) is 9.03. The lowest BCUT2D eigenvalue weighted by Crippen LogP contribution is -2.23. The van der Waals surface area contributed by atoms with Crippen LogP contribution in [0.15, 0.2) is 0 Å². The van der Waals surface area contributed by atoms with E-state index in [2.05, 4.69) is 4.98 Å². The van der Waals surface area contributed by atoms with E-state index in [4.69, 9.17) is 9.84 Å². The van der Waals surface area contributed by atoms with Crippen LogP contribution in [-0.2, 0) is 15.9 Å². The molecule has 0 bridgehead atoms. The third kappa shape index (κ3) is 1.46. The highest BCUT2D eigenvalue weighted by molar-refractivity contribution is 7.13. The largest absolute Gasteiger partial charge is 0.476 e. The van der Waals surface area contributed by atoms with Gasteiger partial charge in [-0.1, -0.05) is 0 Å². The molecule has 4 nitrogen and oxygen atoms in total. The molecule has 0 atom stereocenters. The van der Waals surface area contributed by atoms with Gasteiger partial charge >= 0.3 is 5.97 Å². The van der Waals surface area contributed by atoms with Crippen molar-refractivity contribution in [3.63, 3.8) is 0 Å². The molecule has 0 spiro atoms. The zero-order chi connectivity index (χ0) is 11.4. The number of nitrogens with zero attached hydrogens (tertiary/aromatic N) is 1. The summed E-state index contributed by atoms with van der Waals surface area (Å²) < 4.78 is 5.84. The van der Waals surface area contributed by atoms with Crippen LogP contribution in [0, 0.1) is 0 Å². The minimum Gasteiger partial charge on any atom is -0.476 e. The Bertz CT molecular complexity index is 402. The van der Waals surface area contributed by atoms with Crippen molar-refractivity contribution >= 4 is 17.3 Å². The summed E-state index contributed by atoms with van der Waals surface area (Å²) in [4.78, 5) is 15.9. The molecule has 1 aliphatic rings. The van der Waals surface area contributed by atoms with Crippen LogP contribution in [0.25, 0.3) is 0 Å². The van der Waals surface area contributed by atoms with Gasteiger partial charge in [-0.15, -0.1) is 11.3 Å². The molecule has 2 rings (SSSR count). The van der Waals surface area contributed by atoms with Crippen molar-refractivity contribution in [1.82, 2.24) is 4.98 Å². The van der Waals surface area contributed by atoms with Gasteiger partial charge in [0.05, 0.1) is 16.2 Å². The molecule has 5 heteroatoms. The highest BCUT2D eigenvalue weighted by Gasteiger charge is 2.46. The van der Waals surface area contributed by atoms with E-state index in [0.29, 0.717) is 0 Å². The maximum Gasteiger partial charge on any atom is 0.365 e. The summed E-state index contributed by atoms with van der Waals surface area (Å²) in [6, 6.07) is 0. The fourth-order valence-corrected chi connectivity index (χ4v) is 3.05. The van der Waals surface area contributed by atoms with Crippen LogP contribution in [0.3, 0.4) is 0 Å². The zero-order valence-corrected chi connectivity index (χ0v) is 9.94. The van der Waals surface area contributed by atoms with Gasteiger partial charge in [-0.2, -0.15) is 0 Å². The molecule has 1 aliphatic heterocycles. The monoisotopic (exact) mass is 227 g/mol. The number of carbonyl (C=O) groups is 1. The maximum absolute atomic E-state index is 10.8. The van der Waals surface area contributed by atoms with E-state index in [1.54, 1.807) is 0 Å². The van der Waals surface area contributed by atoms with E-state index in [1.807, 2.05) is 27.7 Å². The van der Waals surface area contributed by atoms with Crippen LogP contribution in [0.5, 0.6) is 0 Å². The zero-order valence-electron chi connectivity index (χ0n) is 9.12. The third-order valence-corrected chi connectivity index (χ3v) is 3.79. The average Bonchev–Trinajstić information content (AvgIpc) is 2.50. The van der Waals surface area contributed by atoms with Crippen molar-refractivity contribution in [1.29, 1.82) is 0 Å². The van der Waals surface area contributed by atoms with E-state index < -0.39 is 17.2 Å². The Hall–Kier alpha value is -0.940. The average molecular weight is 227 g/mol. The van der Waals surface area contributed by atoms with Crippen molar-refractivity contribution in [2.24, 2.45) is 0 Å². The van der Waals surface area contributed by atoms with Crippen LogP contribution in [0.4, 0.5) is 0 Å². The summed E-state index contributed by atoms with van der Waals surface area (Å²) in [6.45, 7) is 7.69. The standard InChI is InChI=1S/C10H13NO3S/c1-9(2)5-6(10(3,4)14-9)15-7(11-5)8(12)13/h1-4H3,(H,12,13). The first-order valence-corrected chi connectivity index (χ1v) is 5.51. The molecule has 0 aromatic carbocycles. The summed E-state index contributed by atoms with van der Waals surface area (Å²) in [5.41, 5.74) is -0.178. The Balaban J connectivity index is 2.60. The normalized spacial score (nSPS) is 21.3. The molecule has 2 heterocycles. The molecule has 1 N–H and O–H groups in total. The van der Waals surface area contributed by atoms with Gasteiger partial charge < -0.3 is 9.84 Å². The summed E-state index contributed by atoms with van der Waals surface area (Å²) >= 11 is 1.20. The van der Waals surface area contributed by atoms with E-state index >= 15 is 0 Å². The van der Waals surface area contributed by atoms with Crippen molar-refractivity contribution in [2.75, 3.05) is 0 Å². The summed E-state index contributed by atoms with van der Waals surface area (Å²) in [7, 11) is 0. The molecule has 82 valence electrons. The van der Waals surface area contributed by atoms with Crippen LogP contribution < -0.4 is 0 Å². The number of ether oxygens (including phenoxy) is 1. The van der Waals surface area contributed by atoms with E-state index in [0.717, 1.165) is 10.6 Å². The first kappa shape index (κ1) is 10.6. The van der Waals surface area contributed by atoms with Crippen molar-refractivity contribution in [2.45, 2.75) is 38.9 Å². The van der Waals surface area contributed by atoms with E-state index in [-0.39, 0.29) is 5.01 Å². The van der Waals surface area contributed by atoms with Crippen LogP contribution in [0.2, 0.25) is 0 Å². The molecular formula is C10H13NO3S. The number of aromatic nitrogens is 1. The van der Waals surface area contributed by atoms with Crippen molar-refractivity contribution in [3.05, 3.63) is 15.6 Å². The van der Waals surface area contributed by atoms with Gasteiger partial charge in [0.1, 0.15) is 5.60 Å². The van der Waals surface area contributed by atoms with E-state index in [9.17, 15) is 4.79 Å². The van der Waals surface area contributed by atoms with Gasteiger partial charge in [0.25, 0.3) is 0 Å². The van der Waals surface area contributed by atoms with Crippen LogP contribution >= 0.6 is 11.3 Å². The highest BCUT2D eigenvalue weighted by atomic mass is 32.1. The van der Waals surface area contributed by atoms with E-state index in [1.165, 1.54) is 11.3 Å². The number of hydrogen-bond donors (Lipinski definition) is 1. The SMILES string of the molecule is CC1(C)OC(C)(C)c2sc(C(=O)O)nc21. The molecule has 1 aromatic rings. The van der Waals surface area contributed by atoms with Gasteiger partial charge in [-0.25, -0.2) is 9.78 Å². The van der Waals surface area contributed by atoms with Crippen LogP contribution in [0.1, 0.15) is 48.1 Å². The first-order valence-electron chi connectivity index (χ1n) is 4.69. The predicted octanol–water partition coefficient (Wildman–Crippen LogP) is 2.34.